The lowest BCUT2D eigenvalue weighted by molar-refractivity contribution is -0.00846. The van der Waals surface area contributed by atoms with Crippen molar-refractivity contribution in [3.63, 3.8) is 0 Å². The molecule has 0 spiro atoms. The lowest BCUT2D eigenvalue weighted by Crippen LogP contribution is -2.07. The minimum atomic E-state index is 0.222. The third-order valence-corrected chi connectivity index (χ3v) is 3.37. The average molecular weight is 328 g/mol. The van der Waals surface area contributed by atoms with Gasteiger partial charge < -0.3 is 18.9 Å². The molecule has 0 aromatic heterocycles. The zero-order valence-electron chi connectivity index (χ0n) is 14.1. The van der Waals surface area contributed by atoms with Gasteiger partial charge in [-0.3, -0.25) is 0 Å². The van der Waals surface area contributed by atoms with Gasteiger partial charge in [-0.15, -0.1) is 6.58 Å². The van der Waals surface area contributed by atoms with Crippen molar-refractivity contribution in [3.8, 4) is 22.6 Å². The summed E-state index contributed by atoms with van der Waals surface area (Å²) in [5.74, 6) is 1.65. The van der Waals surface area contributed by atoms with E-state index >= 15 is 0 Å². The van der Waals surface area contributed by atoms with Crippen molar-refractivity contribution < 1.29 is 18.9 Å². The maximum Gasteiger partial charge on any atom is 0.189 e. The summed E-state index contributed by atoms with van der Waals surface area (Å²) in [6.45, 7) is 5.65. The Kier molecular flexibility index (Phi) is 7.87. The zero-order valence-corrected chi connectivity index (χ0v) is 14.1. The summed E-state index contributed by atoms with van der Waals surface area (Å²) in [5.41, 5.74) is 2.26. The number of ether oxygens (including phenoxy) is 4. The van der Waals surface area contributed by atoms with E-state index in [1.54, 1.807) is 7.11 Å². The Morgan fingerprint density at radius 3 is 1.92 bits per heavy atom. The van der Waals surface area contributed by atoms with Crippen LogP contribution < -0.4 is 9.47 Å². The van der Waals surface area contributed by atoms with Crippen molar-refractivity contribution in [3.05, 3.63) is 61.2 Å². The van der Waals surface area contributed by atoms with Crippen molar-refractivity contribution in [1.29, 1.82) is 0 Å². The minimum Gasteiger partial charge on any atom is -0.493 e. The first-order chi connectivity index (χ1) is 11.8. The predicted octanol–water partition coefficient (Wildman–Crippen LogP) is 4.31. The monoisotopic (exact) mass is 328 g/mol. The zero-order chi connectivity index (χ0) is 17.0. The molecule has 0 N–H and O–H groups in total. The molecular weight excluding hydrogens is 304 g/mol. The third kappa shape index (κ3) is 6.07. The van der Waals surface area contributed by atoms with E-state index in [0.29, 0.717) is 19.8 Å². The quantitative estimate of drug-likeness (QED) is 0.350. The summed E-state index contributed by atoms with van der Waals surface area (Å²) < 4.78 is 21.3. The summed E-state index contributed by atoms with van der Waals surface area (Å²) in [6, 6.07) is 16.0. The second-order valence-corrected chi connectivity index (χ2v) is 5.14. The molecule has 128 valence electrons. The lowest BCUT2D eigenvalue weighted by Gasteiger charge is -2.09. The van der Waals surface area contributed by atoms with Gasteiger partial charge >= 0.3 is 0 Å². The third-order valence-electron chi connectivity index (χ3n) is 3.37. The van der Waals surface area contributed by atoms with Gasteiger partial charge in [0.1, 0.15) is 11.5 Å². The van der Waals surface area contributed by atoms with Crippen molar-refractivity contribution in [2.45, 2.75) is 6.42 Å². The van der Waals surface area contributed by atoms with Crippen molar-refractivity contribution >= 4 is 0 Å². The standard InChI is InChI=1S/C20H24O4/c1-3-4-13-23-19-9-5-17(6-10-19)18-7-11-20(12-8-18)24-16-22-15-14-21-2/h3,5-12H,1,4,13-16H2,2H3. The van der Waals surface area contributed by atoms with Gasteiger partial charge in [-0.1, -0.05) is 30.3 Å². The topological polar surface area (TPSA) is 36.9 Å². The van der Waals surface area contributed by atoms with Crippen molar-refractivity contribution in [2.75, 3.05) is 33.7 Å². The van der Waals surface area contributed by atoms with Crippen molar-refractivity contribution in [1.82, 2.24) is 0 Å². The Hall–Kier alpha value is -2.30. The van der Waals surface area contributed by atoms with Crippen LogP contribution in [0.5, 0.6) is 11.5 Å². The number of benzene rings is 2. The molecule has 0 saturated carbocycles. The molecule has 0 aliphatic carbocycles. The van der Waals surface area contributed by atoms with Gasteiger partial charge in [0.25, 0.3) is 0 Å². The Morgan fingerprint density at radius 1 is 0.792 bits per heavy atom. The van der Waals surface area contributed by atoms with E-state index in [4.69, 9.17) is 18.9 Å². The van der Waals surface area contributed by atoms with Gasteiger partial charge in [0.05, 0.1) is 19.8 Å². The number of hydrogen-bond donors (Lipinski definition) is 0. The molecule has 0 unspecified atom stereocenters. The van der Waals surface area contributed by atoms with Crippen molar-refractivity contribution in [2.24, 2.45) is 0 Å². The Morgan fingerprint density at radius 2 is 1.38 bits per heavy atom. The fourth-order valence-corrected chi connectivity index (χ4v) is 2.06. The van der Waals surface area contributed by atoms with E-state index in [9.17, 15) is 0 Å². The largest absolute Gasteiger partial charge is 0.493 e. The van der Waals surface area contributed by atoms with E-state index in [2.05, 4.69) is 6.58 Å². The highest BCUT2D eigenvalue weighted by Crippen LogP contribution is 2.24. The SMILES string of the molecule is C=CCCOc1ccc(-c2ccc(OCOCCOC)cc2)cc1. The first-order valence-corrected chi connectivity index (χ1v) is 7.97. The van der Waals surface area contributed by atoms with Gasteiger partial charge in [-0.2, -0.15) is 0 Å². The van der Waals surface area contributed by atoms with Crippen LogP contribution in [0.1, 0.15) is 6.42 Å². The van der Waals surface area contributed by atoms with Crippen LogP contribution in [0.4, 0.5) is 0 Å². The summed E-state index contributed by atoms with van der Waals surface area (Å²) >= 11 is 0. The highest BCUT2D eigenvalue weighted by molar-refractivity contribution is 5.64. The molecule has 4 nitrogen and oxygen atoms in total. The molecule has 0 aliphatic rings. The molecule has 2 rings (SSSR count). The molecule has 0 heterocycles. The molecule has 2 aromatic carbocycles. The van der Waals surface area contributed by atoms with Crippen LogP contribution in [0.25, 0.3) is 11.1 Å². The molecule has 0 radical (unpaired) electrons. The molecule has 0 bridgehead atoms. The van der Waals surface area contributed by atoms with Crippen LogP contribution >= 0.6 is 0 Å². The highest BCUT2D eigenvalue weighted by Gasteiger charge is 2.00. The molecule has 24 heavy (non-hydrogen) atoms. The summed E-state index contributed by atoms with van der Waals surface area (Å²) in [4.78, 5) is 0. The van der Waals surface area contributed by atoms with Crippen LogP contribution in [-0.2, 0) is 9.47 Å². The fraction of sp³-hybridized carbons (Fsp3) is 0.300. The smallest absolute Gasteiger partial charge is 0.189 e. The van der Waals surface area contributed by atoms with Crippen LogP contribution in [0.2, 0.25) is 0 Å². The maximum atomic E-state index is 5.61. The molecular formula is C20H24O4. The second-order valence-electron chi connectivity index (χ2n) is 5.14. The average Bonchev–Trinajstić information content (AvgIpc) is 2.63. The van der Waals surface area contributed by atoms with E-state index in [1.165, 1.54) is 0 Å². The Bertz CT molecular complexity index is 590. The molecule has 0 fully saturated rings. The van der Waals surface area contributed by atoms with Gasteiger partial charge in [0.2, 0.25) is 0 Å². The second kappa shape index (κ2) is 10.5. The molecule has 0 aliphatic heterocycles. The summed E-state index contributed by atoms with van der Waals surface area (Å²) in [7, 11) is 1.64. The molecule has 0 saturated heterocycles. The molecule has 0 atom stereocenters. The maximum absolute atomic E-state index is 5.61. The van der Waals surface area contributed by atoms with E-state index in [0.717, 1.165) is 29.0 Å². The number of rotatable bonds is 11. The van der Waals surface area contributed by atoms with Gasteiger partial charge in [-0.05, 0) is 41.8 Å². The predicted molar refractivity (Wildman–Crippen MR) is 95.5 cm³/mol. The van der Waals surface area contributed by atoms with Crippen LogP contribution in [0.15, 0.2) is 61.2 Å². The number of methoxy groups -OCH3 is 1. The first-order valence-electron chi connectivity index (χ1n) is 7.97. The molecule has 2 aromatic rings. The van der Waals surface area contributed by atoms with E-state index in [-0.39, 0.29) is 6.79 Å². The number of hydrogen-bond acceptors (Lipinski definition) is 4. The van der Waals surface area contributed by atoms with Gasteiger partial charge in [0.15, 0.2) is 6.79 Å². The van der Waals surface area contributed by atoms with Gasteiger partial charge in [0, 0.05) is 7.11 Å². The molecule has 4 heteroatoms. The fourth-order valence-electron chi connectivity index (χ4n) is 2.06. The minimum absolute atomic E-state index is 0.222. The Labute approximate surface area is 143 Å². The summed E-state index contributed by atoms with van der Waals surface area (Å²) in [5, 5.41) is 0. The molecule has 0 amide bonds. The first kappa shape index (κ1) is 18.0. The van der Waals surface area contributed by atoms with Crippen LogP contribution in [0.3, 0.4) is 0 Å². The van der Waals surface area contributed by atoms with Gasteiger partial charge in [-0.25, -0.2) is 0 Å². The van der Waals surface area contributed by atoms with Crippen LogP contribution in [0, 0.1) is 0 Å². The van der Waals surface area contributed by atoms with Crippen LogP contribution in [-0.4, -0.2) is 33.7 Å². The lowest BCUT2D eigenvalue weighted by atomic mass is 10.1. The highest BCUT2D eigenvalue weighted by atomic mass is 16.7. The summed E-state index contributed by atoms with van der Waals surface area (Å²) in [6.07, 6.45) is 2.69. The van der Waals surface area contributed by atoms with E-state index < -0.39 is 0 Å². The Balaban J connectivity index is 1.84. The normalized spacial score (nSPS) is 10.4. The van der Waals surface area contributed by atoms with E-state index in [1.807, 2.05) is 54.6 Å².